The molecule has 0 bridgehead atoms. The van der Waals surface area contributed by atoms with Crippen LogP contribution < -0.4 is 14.2 Å². The van der Waals surface area contributed by atoms with Crippen molar-refractivity contribution in [1.29, 1.82) is 0 Å². The lowest BCUT2D eigenvalue weighted by molar-refractivity contribution is 0.301. The van der Waals surface area contributed by atoms with Crippen LogP contribution in [0.4, 0.5) is 0 Å². The number of benzene rings is 4. The first-order valence-corrected chi connectivity index (χ1v) is 19.6. The van der Waals surface area contributed by atoms with Crippen LogP contribution in [0, 0.1) is 0 Å². The molecule has 0 unspecified atom stereocenters. The van der Waals surface area contributed by atoms with E-state index >= 15 is 0 Å². The first-order chi connectivity index (χ1) is 23.2. The third-order valence-electron chi connectivity index (χ3n) is 7.89. The Balaban J connectivity index is 1.03. The van der Waals surface area contributed by atoms with Crippen LogP contribution in [0.5, 0.6) is 23.0 Å². The zero-order valence-electron chi connectivity index (χ0n) is 27.6. The Morgan fingerprint density at radius 1 is 0.417 bits per heavy atom. The van der Waals surface area contributed by atoms with Gasteiger partial charge < -0.3 is 19.3 Å². The van der Waals surface area contributed by atoms with E-state index in [1.165, 1.54) is 36.4 Å². The van der Waals surface area contributed by atoms with Crippen LogP contribution >= 0.6 is 0 Å². The van der Waals surface area contributed by atoms with Crippen molar-refractivity contribution in [2.75, 3.05) is 19.8 Å². The van der Waals surface area contributed by atoms with Gasteiger partial charge in [-0.15, -0.1) is 0 Å². The molecule has 0 atom stereocenters. The highest BCUT2D eigenvalue weighted by molar-refractivity contribution is 7.91. The highest BCUT2D eigenvalue weighted by atomic mass is 32.2. The zero-order valence-corrected chi connectivity index (χ0v) is 29.2. The van der Waals surface area contributed by atoms with E-state index in [4.69, 9.17) is 14.2 Å². The van der Waals surface area contributed by atoms with Crippen molar-refractivity contribution >= 4 is 19.7 Å². The lowest BCUT2D eigenvalue weighted by atomic mass is 10.1. The fourth-order valence-electron chi connectivity index (χ4n) is 5.02. The molecule has 0 saturated carbocycles. The monoisotopic (exact) mass is 694 g/mol. The van der Waals surface area contributed by atoms with E-state index in [0.717, 1.165) is 64.2 Å². The molecule has 1 N–H and O–H groups in total. The number of unbranched alkanes of at least 4 members (excludes halogenated alkanes) is 8. The van der Waals surface area contributed by atoms with Crippen LogP contribution in [0.15, 0.2) is 117 Å². The number of ether oxygens (including phenoxy) is 3. The van der Waals surface area contributed by atoms with Crippen LogP contribution in [0.1, 0.15) is 71.1 Å². The molecule has 8 nitrogen and oxygen atoms in total. The molecule has 4 rings (SSSR count). The van der Waals surface area contributed by atoms with Gasteiger partial charge in [-0.2, -0.15) is 0 Å². The molecular formula is C38H46O8S2. The maximum absolute atomic E-state index is 13.0. The molecule has 0 aliphatic heterocycles. The third-order valence-corrected chi connectivity index (χ3v) is 11.5. The fraction of sp³-hybridized carbons (Fsp3) is 0.368. The number of sulfone groups is 2. The second-order valence-corrected chi connectivity index (χ2v) is 15.5. The summed E-state index contributed by atoms with van der Waals surface area (Å²) in [7, 11) is -7.26. The van der Waals surface area contributed by atoms with Crippen LogP contribution in [0.3, 0.4) is 0 Å². The Kier molecular flexibility index (Phi) is 14.2. The summed E-state index contributed by atoms with van der Waals surface area (Å²) < 4.78 is 68.7. The number of phenolic OH excluding ortho intramolecular Hbond substituents is 1. The molecule has 0 heterocycles. The van der Waals surface area contributed by atoms with E-state index in [-0.39, 0.29) is 25.3 Å². The summed E-state index contributed by atoms with van der Waals surface area (Å²) in [5, 5.41) is 9.40. The van der Waals surface area contributed by atoms with E-state index in [2.05, 4.69) is 6.92 Å². The summed E-state index contributed by atoms with van der Waals surface area (Å²) in [4.78, 5) is 0.780. The SMILES string of the molecule is CCCCOc1ccc(S(=O)(=O)c2ccc(OCCCCCCCCCCOc3ccc(S(=O)(=O)c4ccc(O)cc4)cc3)cc2)cc1. The quantitative estimate of drug-likeness (QED) is 0.0861. The van der Waals surface area contributed by atoms with Crippen molar-refractivity contribution in [2.45, 2.75) is 90.7 Å². The van der Waals surface area contributed by atoms with E-state index in [9.17, 15) is 21.9 Å². The predicted molar refractivity (Wildman–Crippen MR) is 187 cm³/mol. The number of phenols is 1. The molecule has 48 heavy (non-hydrogen) atoms. The maximum Gasteiger partial charge on any atom is 0.206 e. The molecule has 0 aromatic heterocycles. The highest BCUT2D eigenvalue weighted by Crippen LogP contribution is 2.26. The van der Waals surface area contributed by atoms with Crippen molar-refractivity contribution in [2.24, 2.45) is 0 Å². The summed E-state index contributed by atoms with van der Waals surface area (Å²) in [6.45, 7) is 3.88. The topological polar surface area (TPSA) is 116 Å². The normalized spacial score (nSPS) is 11.7. The summed E-state index contributed by atoms with van der Waals surface area (Å²) in [5.74, 6) is 1.98. The molecule has 0 aliphatic carbocycles. The molecule has 0 amide bonds. The van der Waals surface area contributed by atoms with Crippen molar-refractivity contribution < 1.29 is 36.2 Å². The van der Waals surface area contributed by atoms with Crippen LogP contribution in [0.25, 0.3) is 0 Å². The van der Waals surface area contributed by atoms with Gasteiger partial charge in [0.05, 0.1) is 39.4 Å². The van der Waals surface area contributed by atoms with Gasteiger partial charge in [0.25, 0.3) is 0 Å². The molecule has 4 aromatic carbocycles. The van der Waals surface area contributed by atoms with Gasteiger partial charge in [-0.05, 0) is 116 Å². The number of aromatic hydroxyl groups is 1. The molecule has 0 radical (unpaired) electrons. The van der Waals surface area contributed by atoms with Gasteiger partial charge >= 0.3 is 0 Å². The van der Waals surface area contributed by atoms with Gasteiger partial charge in [0.1, 0.15) is 23.0 Å². The van der Waals surface area contributed by atoms with Crippen LogP contribution in [-0.4, -0.2) is 41.8 Å². The minimum absolute atomic E-state index is 0.0182. The third kappa shape index (κ3) is 11.0. The second kappa shape index (κ2) is 18.5. The Morgan fingerprint density at radius 2 is 0.688 bits per heavy atom. The minimum Gasteiger partial charge on any atom is -0.508 e. The average Bonchev–Trinajstić information content (AvgIpc) is 3.10. The molecule has 258 valence electrons. The van der Waals surface area contributed by atoms with Crippen LogP contribution in [-0.2, 0) is 19.7 Å². The minimum atomic E-state index is -3.64. The lowest BCUT2D eigenvalue weighted by Crippen LogP contribution is -2.03. The van der Waals surface area contributed by atoms with Gasteiger partial charge in [0.2, 0.25) is 19.7 Å². The van der Waals surface area contributed by atoms with Gasteiger partial charge in [0, 0.05) is 0 Å². The Bertz CT molecular complexity index is 1730. The van der Waals surface area contributed by atoms with E-state index < -0.39 is 19.7 Å². The van der Waals surface area contributed by atoms with Gasteiger partial charge in [-0.3, -0.25) is 0 Å². The standard InChI is InChI=1S/C38H46O8S2/c1-2-3-28-44-32-14-22-37(23-15-32)48(42,43)38-26-18-34(19-27-38)46-30-11-9-7-5-4-6-8-10-29-45-33-16-24-36(25-17-33)47(40,41)35-20-12-31(39)13-21-35/h12-27,39H,2-11,28-30H2,1H3. The van der Waals surface area contributed by atoms with Crippen molar-refractivity contribution in [3.05, 3.63) is 97.1 Å². The maximum atomic E-state index is 13.0. The Hall–Kier alpha value is -4.02. The van der Waals surface area contributed by atoms with Gasteiger partial charge in [-0.25, -0.2) is 16.8 Å². The van der Waals surface area contributed by atoms with Crippen LogP contribution in [0.2, 0.25) is 0 Å². The summed E-state index contributed by atoms with van der Waals surface area (Å²) >= 11 is 0. The molecule has 0 fully saturated rings. The molecule has 0 spiro atoms. The van der Waals surface area contributed by atoms with Crippen molar-refractivity contribution in [3.8, 4) is 23.0 Å². The number of rotatable bonds is 21. The summed E-state index contributed by atoms with van der Waals surface area (Å²) in [6, 6.07) is 25.0. The first-order valence-electron chi connectivity index (χ1n) is 16.7. The average molecular weight is 695 g/mol. The first kappa shape index (κ1) is 36.8. The molecule has 0 aliphatic rings. The summed E-state index contributed by atoms with van der Waals surface area (Å²) in [5.41, 5.74) is 0. The molecule has 10 heteroatoms. The number of hydrogen-bond acceptors (Lipinski definition) is 8. The molecule has 4 aromatic rings. The van der Waals surface area contributed by atoms with Crippen molar-refractivity contribution in [1.82, 2.24) is 0 Å². The predicted octanol–water partition coefficient (Wildman–Crippen LogP) is 8.82. The van der Waals surface area contributed by atoms with E-state index in [1.54, 1.807) is 60.7 Å². The zero-order chi connectivity index (χ0) is 34.2. The van der Waals surface area contributed by atoms with Gasteiger partial charge in [-0.1, -0.05) is 51.9 Å². The Morgan fingerprint density at radius 3 is 1.00 bits per heavy atom. The lowest BCUT2D eigenvalue weighted by Gasteiger charge is -2.09. The fourth-order valence-corrected chi connectivity index (χ4v) is 7.54. The van der Waals surface area contributed by atoms with E-state index in [1.807, 2.05) is 0 Å². The largest absolute Gasteiger partial charge is 0.508 e. The van der Waals surface area contributed by atoms with Crippen molar-refractivity contribution in [3.63, 3.8) is 0 Å². The molecule has 0 saturated heterocycles. The summed E-state index contributed by atoms with van der Waals surface area (Å²) in [6.07, 6.45) is 10.6. The smallest absolute Gasteiger partial charge is 0.206 e. The second-order valence-electron chi connectivity index (χ2n) is 11.6. The van der Waals surface area contributed by atoms with E-state index in [0.29, 0.717) is 37.1 Å². The Labute approximate surface area is 285 Å². The highest BCUT2D eigenvalue weighted by Gasteiger charge is 2.19. The van der Waals surface area contributed by atoms with Gasteiger partial charge in [0.15, 0.2) is 0 Å². The number of hydrogen-bond donors (Lipinski definition) is 1. The molecular weight excluding hydrogens is 649 g/mol.